The average molecular weight is 376 g/mol. The van der Waals surface area contributed by atoms with Gasteiger partial charge in [0.05, 0.1) is 24.9 Å². The minimum atomic E-state index is -0.818. The number of amides is 2. The van der Waals surface area contributed by atoms with E-state index < -0.39 is 17.6 Å². The van der Waals surface area contributed by atoms with Gasteiger partial charge >= 0.3 is 12.0 Å². The molecule has 0 unspecified atom stereocenters. The predicted molar refractivity (Wildman–Crippen MR) is 98.6 cm³/mol. The Balaban J connectivity index is 2.37. The molecular weight excluding hydrogens is 354 g/mol. The molecule has 0 spiro atoms. The van der Waals surface area contributed by atoms with E-state index in [1.807, 2.05) is 13.8 Å². The highest BCUT2D eigenvalue weighted by molar-refractivity contribution is 5.92. The molecule has 144 valence electrons. The van der Waals surface area contributed by atoms with E-state index in [-0.39, 0.29) is 18.3 Å². The Morgan fingerprint density at radius 2 is 1.63 bits per heavy atom. The number of esters is 1. The maximum absolute atomic E-state index is 14.3. The summed E-state index contributed by atoms with van der Waals surface area (Å²) in [7, 11) is 1.29. The second-order valence-corrected chi connectivity index (χ2v) is 5.83. The van der Waals surface area contributed by atoms with Gasteiger partial charge in [-0.3, -0.25) is 4.90 Å². The zero-order valence-corrected chi connectivity index (χ0v) is 15.5. The molecule has 0 aliphatic carbocycles. The van der Waals surface area contributed by atoms with Crippen molar-refractivity contribution in [2.45, 2.75) is 20.4 Å². The molecule has 0 heterocycles. The Morgan fingerprint density at radius 1 is 1.00 bits per heavy atom. The standard InChI is InChI=1S/C20H22F2N2O3/c1-4-23(5-2)20(26)24(18-11-10-16(21)12-17(18)22)13-14-6-8-15(9-7-14)19(25)27-3/h6-12H,4-5,13H2,1-3H3. The van der Waals surface area contributed by atoms with Gasteiger partial charge in [0.15, 0.2) is 0 Å². The van der Waals surface area contributed by atoms with Crippen molar-refractivity contribution < 1.29 is 23.1 Å². The lowest BCUT2D eigenvalue weighted by molar-refractivity contribution is 0.0600. The lowest BCUT2D eigenvalue weighted by Crippen LogP contribution is -2.43. The number of ether oxygens (including phenoxy) is 1. The van der Waals surface area contributed by atoms with Crippen LogP contribution < -0.4 is 4.90 Å². The van der Waals surface area contributed by atoms with Crippen LogP contribution in [-0.2, 0) is 11.3 Å². The van der Waals surface area contributed by atoms with Crippen LogP contribution in [0, 0.1) is 11.6 Å². The van der Waals surface area contributed by atoms with Gasteiger partial charge in [-0.2, -0.15) is 0 Å². The van der Waals surface area contributed by atoms with Crippen LogP contribution in [0.3, 0.4) is 0 Å². The van der Waals surface area contributed by atoms with E-state index in [2.05, 4.69) is 4.74 Å². The molecule has 0 bridgehead atoms. The highest BCUT2D eigenvalue weighted by Gasteiger charge is 2.23. The van der Waals surface area contributed by atoms with E-state index in [1.54, 1.807) is 29.2 Å². The van der Waals surface area contributed by atoms with Crippen LogP contribution in [0.1, 0.15) is 29.8 Å². The van der Waals surface area contributed by atoms with Crippen LogP contribution in [-0.4, -0.2) is 37.1 Å². The average Bonchev–Trinajstić information content (AvgIpc) is 2.67. The van der Waals surface area contributed by atoms with Crippen molar-refractivity contribution in [2.75, 3.05) is 25.1 Å². The summed E-state index contributed by atoms with van der Waals surface area (Å²) in [5, 5.41) is 0. The van der Waals surface area contributed by atoms with Crippen molar-refractivity contribution in [3.8, 4) is 0 Å². The Morgan fingerprint density at radius 3 is 2.15 bits per heavy atom. The monoisotopic (exact) mass is 376 g/mol. The van der Waals surface area contributed by atoms with Gasteiger partial charge in [-0.25, -0.2) is 18.4 Å². The summed E-state index contributed by atoms with van der Waals surface area (Å²) in [6, 6.07) is 9.19. The first-order valence-corrected chi connectivity index (χ1v) is 8.60. The Bertz CT molecular complexity index is 805. The first-order valence-electron chi connectivity index (χ1n) is 8.60. The van der Waals surface area contributed by atoms with Crippen LogP contribution >= 0.6 is 0 Å². The third kappa shape index (κ3) is 4.81. The number of urea groups is 1. The molecule has 0 saturated heterocycles. The van der Waals surface area contributed by atoms with Gasteiger partial charge in [-0.05, 0) is 43.7 Å². The van der Waals surface area contributed by atoms with E-state index in [0.29, 0.717) is 24.2 Å². The number of benzene rings is 2. The SMILES string of the molecule is CCN(CC)C(=O)N(Cc1ccc(C(=O)OC)cc1)c1ccc(F)cc1F. The Hall–Kier alpha value is -2.96. The van der Waals surface area contributed by atoms with E-state index >= 15 is 0 Å². The van der Waals surface area contributed by atoms with E-state index in [0.717, 1.165) is 12.1 Å². The summed E-state index contributed by atoms with van der Waals surface area (Å²) in [6.45, 7) is 4.63. The third-order valence-electron chi connectivity index (χ3n) is 4.18. The van der Waals surface area contributed by atoms with Crippen molar-refractivity contribution >= 4 is 17.7 Å². The van der Waals surface area contributed by atoms with Crippen LogP contribution in [0.2, 0.25) is 0 Å². The van der Waals surface area contributed by atoms with Gasteiger partial charge in [0.2, 0.25) is 0 Å². The second-order valence-electron chi connectivity index (χ2n) is 5.83. The number of carbonyl (C=O) groups excluding carboxylic acids is 2. The first kappa shape index (κ1) is 20.4. The maximum atomic E-state index is 14.3. The summed E-state index contributed by atoms with van der Waals surface area (Å²) in [6.07, 6.45) is 0. The zero-order valence-electron chi connectivity index (χ0n) is 15.5. The molecule has 2 aromatic carbocycles. The topological polar surface area (TPSA) is 49.9 Å². The number of rotatable bonds is 6. The highest BCUT2D eigenvalue weighted by atomic mass is 19.1. The quantitative estimate of drug-likeness (QED) is 0.710. The van der Waals surface area contributed by atoms with Gasteiger partial charge < -0.3 is 9.64 Å². The fourth-order valence-corrected chi connectivity index (χ4v) is 2.67. The highest BCUT2D eigenvalue weighted by Crippen LogP contribution is 2.24. The van der Waals surface area contributed by atoms with Crippen LogP contribution in [0.5, 0.6) is 0 Å². The van der Waals surface area contributed by atoms with E-state index in [9.17, 15) is 18.4 Å². The lowest BCUT2D eigenvalue weighted by atomic mass is 10.1. The fourth-order valence-electron chi connectivity index (χ4n) is 2.67. The summed E-state index contributed by atoms with van der Waals surface area (Å²) in [4.78, 5) is 27.2. The lowest BCUT2D eigenvalue weighted by Gasteiger charge is -2.29. The molecule has 2 rings (SSSR count). The fraction of sp³-hybridized carbons (Fsp3) is 0.300. The number of nitrogens with zero attached hydrogens (tertiary/aromatic N) is 2. The molecule has 0 fully saturated rings. The molecule has 0 atom stereocenters. The van der Waals surface area contributed by atoms with Gasteiger partial charge in [-0.1, -0.05) is 12.1 Å². The molecule has 0 saturated carbocycles. The predicted octanol–water partition coefficient (Wildman–Crippen LogP) is 4.22. The van der Waals surface area contributed by atoms with Gasteiger partial charge in [0, 0.05) is 19.2 Å². The minimum absolute atomic E-state index is 0.00894. The minimum Gasteiger partial charge on any atom is -0.465 e. The molecule has 2 aromatic rings. The molecule has 5 nitrogen and oxygen atoms in total. The van der Waals surface area contributed by atoms with Gasteiger partial charge in [0.1, 0.15) is 11.6 Å². The third-order valence-corrected chi connectivity index (χ3v) is 4.18. The number of hydrogen-bond donors (Lipinski definition) is 0. The summed E-state index contributed by atoms with van der Waals surface area (Å²) in [5.41, 5.74) is 1.05. The molecule has 2 amide bonds. The van der Waals surface area contributed by atoms with Crippen molar-refractivity contribution in [1.29, 1.82) is 0 Å². The number of hydrogen-bond acceptors (Lipinski definition) is 3. The van der Waals surface area contributed by atoms with Crippen LogP contribution in [0.4, 0.5) is 19.3 Å². The van der Waals surface area contributed by atoms with Crippen LogP contribution in [0.15, 0.2) is 42.5 Å². The number of methoxy groups -OCH3 is 1. The van der Waals surface area contributed by atoms with Crippen molar-refractivity contribution in [1.82, 2.24) is 4.90 Å². The summed E-state index contributed by atoms with van der Waals surface area (Å²) < 4.78 is 32.3. The summed E-state index contributed by atoms with van der Waals surface area (Å²) in [5.74, 6) is -2.00. The molecule has 0 N–H and O–H groups in total. The van der Waals surface area contributed by atoms with Crippen LogP contribution in [0.25, 0.3) is 0 Å². The number of anilines is 1. The van der Waals surface area contributed by atoms with Crippen molar-refractivity contribution in [2.24, 2.45) is 0 Å². The second kappa shape index (κ2) is 9.12. The molecule has 27 heavy (non-hydrogen) atoms. The zero-order chi connectivity index (χ0) is 20.0. The Labute approximate surface area is 157 Å². The number of carbonyl (C=O) groups is 2. The van der Waals surface area contributed by atoms with E-state index in [1.165, 1.54) is 18.1 Å². The molecule has 7 heteroatoms. The van der Waals surface area contributed by atoms with Gasteiger partial charge in [-0.15, -0.1) is 0 Å². The molecule has 0 aliphatic rings. The van der Waals surface area contributed by atoms with E-state index in [4.69, 9.17) is 0 Å². The molecule has 0 aliphatic heterocycles. The maximum Gasteiger partial charge on any atom is 0.337 e. The Kier molecular flexibility index (Phi) is 6.87. The normalized spacial score (nSPS) is 10.4. The smallest absolute Gasteiger partial charge is 0.337 e. The van der Waals surface area contributed by atoms with Gasteiger partial charge in [0.25, 0.3) is 0 Å². The molecule has 0 radical (unpaired) electrons. The largest absolute Gasteiger partial charge is 0.465 e. The summed E-state index contributed by atoms with van der Waals surface area (Å²) >= 11 is 0. The first-order chi connectivity index (χ1) is 12.9. The van der Waals surface area contributed by atoms with Crippen molar-refractivity contribution in [3.05, 3.63) is 65.2 Å². The van der Waals surface area contributed by atoms with Crippen molar-refractivity contribution in [3.63, 3.8) is 0 Å². The number of halogens is 2. The molecule has 0 aromatic heterocycles. The molecular formula is C20H22F2N2O3.